The molecule has 0 saturated heterocycles. The van der Waals surface area contributed by atoms with E-state index < -0.39 is 0 Å². The SMILES string of the molecule is CCC(NCc1ccc2c(c1)OCO2)c1cccc(F)c1. The van der Waals surface area contributed by atoms with Crippen molar-refractivity contribution in [2.75, 3.05) is 6.79 Å². The molecule has 2 aromatic carbocycles. The maximum absolute atomic E-state index is 13.3. The highest BCUT2D eigenvalue weighted by atomic mass is 19.1. The van der Waals surface area contributed by atoms with Crippen LogP contribution in [0.5, 0.6) is 11.5 Å². The van der Waals surface area contributed by atoms with Gasteiger partial charge in [-0.15, -0.1) is 0 Å². The average molecular weight is 287 g/mol. The first-order valence-corrected chi connectivity index (χ1v) is 7.13. The van der Waals surface area contributed by atoms with Gasteiger partial charge in [0.05, 0.1) is 0 Å². The predicted octanol–water partition coefficient (Wildman–Crippen LogP) is 3.80. The molecule has 4 heteroatoms. The molecule has 1 aliphatic heterocycles. The Balaban J connectivity index is 1.68. The molecule has 0 radical (unpaired) electrons. The van der Waals surface area contributed by atoms with Crippen LogP contribution in [0.25, 0.3) is 0 Å². The Morgan fingerprint density at radius 2 is 2.00 bits per heavy atom. The highest BCUT2D eigenvalue weighted by molar-refractivity contribution is 5.44. The monoisotopic (exact) mass is 287 g/mol. The third-order valence-electron chi connectivity index (χ3n) is 3.65. The van der Waals surface area contributed by atoms with Crippen LogP contribution >= 0.6 is 0 Å². The average Bonchev–Trinajstić information content (AvgIpc) is 2.95. The Kier molecular flexibility index (Phi) is 4.06. The summed E-state index contributed by atoms with van der Waals surface area (Å²) >= 11 is 0. The summed E-state index contributed by atoms with van der Waals surface area (Å²) in [6.07, 6.45) is 0.897. The highest BCUT2D eigenvalue weighted by Crippen LogP contribution is 2.32. The molecule has 3 rings (SSSR count). The number of fused-ring (bicyclic) bond motifs is 1. The minimum absolute atomic E-state index is 0.131. The van der Waals surface area contributed by atoms with Crippen molar-refractivity contribution in [1.29, 1.82) is 0 Å². The quantitative estimate of drug-likeness (QED) is 0.907. The van der Waals surface area contributed by atoms with E-state index in [1.165, 1.54) is 6.07 Å². The van der Waals surface area contributed by atoms with Gasteiger partial charge in [-0.3, -0.25) is 0 Å². The molecule has 3 nitrogen and oxygen atoms in total. The maximum Gasteiger partial charge on any atom is 0.231 e. The molecule has 0 aliphatic carbocycles. The molecule has 21 heavy (non-hydrogen) atoms. The second kappa shape index (κ2) is 6.14. The minimum atomic E-state index is -0.198. The van der Waals surface area contributed by atoms with E-state index >= 15 is 0 Å². The van der Waals surface area contributed by atoms with Crippen LogP contribution < -0.4 is 14.8 Å². The summed E-state index contributed by atoms with van der Waals surface area (Å²) in [6, 6.07) is 12.8. The molecular weight excluding hydrogens is 269 g/mol. The number of benzene rings is 2. The lowest BCUT2D eigenvalue weighted by Gasteiger charge is -2.17. The molecule has 0 aromatic heterocycles. The van der Waals surface area contributed by atoms with Gasteiger partial charge in [-0.2, -0.15) is 0 Å². The normalized spacial score (nSPS) is 14.2. The van der Waals surface area contributed by atoms with Crippen molar-refractivity contribution in [1.82, 2.24) is 5.32 Å². The molecule has 0 saturated carbocycles. The summed E-state index contributed by atoms with van der Waals surface area (Å²) in [6.45, 7) is 3.07. The topological polar surface area (TPSA) is 30.5 Å². The Bertz CT molecular complexity index is 630. The van der Waals surface area contributed by atoms with Crippen LogP contribution in [-0.2, 0) is 6.54 Å². The van der Waals surface area contributed by atoms with Gasteiger partial charge in [0.25, 0.3) is 0 Å². The zero-order valence-corrected chi connectivity index (χ0v) is 11.9. The van der Waals surface area contributed by atoms with Crippen molar-refractivity contribution >= 4 is 0 Å². The Labute approximate surface area is 123 Å². The Morgan fingerprint density at radius 1 is 1.14 bits per heavy atom. The fraction of sp³-hybridized carbons (Fsp3) is 0.294. The number of ether oxygens (including phenoxy) is 2. The lowest BCUT2D eigenvalue weighted by molar-refractivity contribution is 0.174. The largest absolute Gasteiger partial charge is 0.454 e. The van der Waals surface area contributed by atoms with Crippen molar-refractivity contribution < 1.29 is 13.9 Å². The summed E-state index contributed by atoms with van der Waals surface area (Å²) < 4.78 is 24.0. The second-order valence-electron chi connectivity index (χ2n) is 5.08. The Hall–Kier alpha value is -2.07. The summed E-state index contributed by atoms with van der Waals surface area (Å²) in [5, 5.41) is 3.46. The summed E-state index contributed by atoms with van der Waals surface area (Å²) in [4.78, 5) is 0. The van der Waals surface area contributed by atoms with Crippen molar-refractivity contribution in [3.8, 4) is 11.5 Å². The third-order valence-corrected chi connectivity index (χ3v) is 3.65. The molecule has 1 unspecified atom stereocenters. The zero-order chi connectivity index (χ0) is 14.7. The van der Waals surface area contributed by atoms with Crippen molar-refractivity contribution in [3.63, 3.8) is 0 Å². The molecule has 1 atom stereocenters. The smallest absolute Gasteiger partial charge is 0.231 e. The van der Waals surface area contributed by atoms with Crippen LogP contribution in [0.4, 0.5) is 4.39 Å². The van der Waals surface area contributed by atoms with Crippen LogP contribution in [0, 0.1) is 5.82 Å². The number of hydrogen-bond donors (Lipinski definition) is 1. The van der Waals surface area contributed by atoms with E-state index in [1.54, 1.807) is 12.1 Å². The van der Waals surface area contributed by atoms with Gasteiger partial charge in [0.15, 0.2) is 11.5 Å². The second-order valence-corrected chi connectivity index (χ2v) is 5.08. The molecule has 0 spiro atoms. The molecule has 0 bridgehead atoms. The molecule has 1 heterocycles. The number of rotatable bonds is 5. The standard InChI is InChI=1S/C17H18FNO2/c1-2-15(13-4-3-5-14(18)9-13)19-10-12-6-7-16-17(8-12)21-11-20-16/h3-9,15,19H,2,10-11H2,1H3. The molecule has 110 valence electrons. The van der Waals surface area contributed by atoms with Crippen LogP contribution in [0.1, 0.15) is 30.5 Å². The van der Waals surface area contributed by atoms with Crippen LogP contribution in [0.2, 0.25) is 0 Å². The summed E-state index contributed by atoms with van der Waals surface area (Å²) in [5.74, 6) is 1.37. The molecule has 1 aliphatic rings. The van der Waals surface area contributed by atoms with Gasteiger partial charge in [-0.25, -0.2) is 4.39 Å². The van der Waals surface area contributed by atoms with Gasteiger partial charge in [0.2, 0.25) is 6.79 Å². The van der Waals surface area contributed by atoms with E-state index in [0.717, 1.165) is 29.0 Å². The van der Waals surface area contributed by atoms with Gasteiger partial charge in [-0.1, -0.05) is 25.1 Å². The van der Waals surface area contributed by atoms with Crippen molar-refractivity contribution in [2.45, 2.75) is 25.9 Å². The van der Waals surface area contributed by atoms with E-state index in [1.807, 2.05) is 24.3 Å². The Morgan fingerprint density at radius 3 is 2.81 bits per heavy atom. The van der Waals surface area contributed by atoms with E-state index in [9.17, 15) is 4.39 Å². The van der Waals surface area contributed by atoms with Crippen LogP contribution in [-0.4, -0.2) is 6.79 Å². The van der Waals surface area contributed by atoms with Gasteiger partial charge in [0, 0.05) is 12.6 Å². The minimum Gasteiger partial charge on any atom is -0.454 e. The van der Waals surface area contributed by atoms with E-state index in [2.05, 4.69) is 12.2 Å². The van der Waals surface area contributed by atoms with Gasteiger partial charge < -0.3 is 14.8 Å². The van der Waals surface area contributed by atoms with Gasteiger partial charge in [-0.05, 0) is 41.8 Å². The van der Waals surface area contributed by atoms with E-state index in [0.29, 0.717) is 6.54 Å². The maximum atomic E-state index is 13.3. The zero-order valence-electron chi connectivity index (χ0n) is 11.9. The number of halogens is 1. The molecule has 1 N–H and O–H groups in total. The van der Waals surface area contributed by atoms with E-state index in [4.69, 9.17) is 9.47 Å². The number of hydrogen-bond acceptors (Lipinski definition) is 3. The van der Waals surface area contributed by atoms with Gasteiger partial charge in [0.1, 0.15) is 5.82 Å². The first-order chi connectivity index (χ1) is 10.3. The molecule has 2 aromatic rings. The lowest BCUT2D eigenvalue weighted by atomic mass is 10.0. The molecular formula is C17H18FNO2. The lowest BCUT2D eigenvalue weighted by Crippen LogP contribution is -2.20. The number of nitrogens with one attached hydrogen (secondary N) is 1. The van der Waals surface area contributed by atoms with Crippen LogP contribution in [0.3, 0.4) is 0 Å². The fourth-order valence-electron chi connectivity index (χ4n) is 2.51. The predicted molar refractivity (Wildman–Crippen MR) is 78.8 cm³/mol. The highest BCUT2D eigenvalue weighted by Gasteiger charge is 2.14. The van der Waals surface area contributed by atoms with Crippen LogP contribution in [0.15, 0.2) is 42.5 Å². The first-order valence-electron chi connectivity index (χ1n) is 7.13. The van der Waals surface area contributed by atoms with Crippen molar-refractivity contribution in [3.05, 3.63) is 59.4 Å². The fourth-order valence-corrected chi connectivity index (χ4v) is 2.51. The van der Waals surface area contributed by atoms with Crippen molar-refractivity contribution in [2.24, 2.45) is 0 Å². The summed E-state index contributed by atoms with van der Waals surface area (Å²) in [5.41, 5.74) is 2.09. The molecule has 0 fully saturated rings. The van der Waals surface area contributed by atoms with E-state index in [-0.39, 0.29) is 18.7 Å². The molecule has 0 amide bonds. The summed E-state index contributed by atoms with van der Waals surface area (Å²) in [7, 11) is 0. The van der Waals surface area contributed by atoms with Gasteiger partial charge >= 0.3 is 0 Å². The third kappa shape index (κ3) is 3.16. The first kappa shape index (κ1) is 13.9.